The number of rotatable bonds is 6. The van der Waals surface area contributed by atoms with Gasteiger partial charge in [0.1, 0.15) is 13.4 Å². The number of ether oxygens (including phenoxy) is 3. The molecule has 1 amide bonds. The van der Waals surface area contributed by atoms with E-state index in [0.29, 0.717) is 19.7 Å². The maximum absolute atomic E-state index is 12.2. The Morgan fingerprint density at radius 2 is 2.09 bits per heavy atom. The first-order chi connectivity index (χ1) is 10.7. The number of methoxy groups -OCH3 is 1. The molecule has 0 bridgehead atoms. The SMILES string of the molecule is COC1CC(COCO)CN(C(=O)OCc2ccccc2)C1. The summed E-state index contributed by atoms with van der Waals surface area (Å²) in [6, 6.07) is 9.57. The highest BCUT2D eigenvalue weighted by atomic mass is 16.6. The van der Waals surface area contributed by atoms with Crippen LogP contribution in [0.2, 0.25) is 0 Å². The van der Waals surface area contributed by atoms with Crippen LogP contribution in [0.4, 0.5) is 4.79 Å². The van der Waals surface area contributed by atoms with Crippen LogP contribution in [0.25, 0.3) is 0 Å². The van der Waals surface area contributed by atoms with E-state index in [-0.39, 0.29) is 31.5 Å². The first-order valence-electron chi connectivity index (χ1n) is 7.40. The zero-order valence-corrected chi connectivity index (χ0v) is 12.8. The molecule has 1 aromatic rings. The zero-order chi connectivity index (χ0) is 15.8. The van der Waals surface area contributed by atoms with E-state index >= 15 is 0 Å². The molecule has 0 radical (unpaired) electrons. The topological polar surface area (TPSA) is 68.2 Å². The van der Waals surface area contributed by atoms with E-state index in [0.717, 1.165) is 12.0 Å². The van der Waals surface area contributed by atoms with E-state index in [4.69, 9.17) is 19.3 Å². The fourth-order valence-electron chi connectivity index (χ4n) is 2.62. The van der Waals surface area contributed by atoms with Crippen molar-refractivity contribution in [1.29, 1.82) is 0 Å². The van der Waals surface area contributed by atoms with E-state index in [9.17, 15) is 4.79 Å². The molecule has 1 aliphatic rings. The molecule has 2 rings (SSSR count). The molecule has 0 aliphatic carbocycles. The highest BCUT2D eigenvalue weighted by Crippen LogP contribution is 2.20. The van der Waals surface area contributed by atoms with Gasteiger partial charge in [0.05, 0.1) is 19.3 Å². The normalized spacial score (nSPS) is 21.6. The Bertz CT molecular complexity index is 453. The average Bonchev–Trinajstić information content (AvgIpc) is 2.58. The van der Waals surface area contributed by atoms with Crippen LogP contribution in [-0.4, -0.2) is 55.8 Å². The van der Waals surface area contributed by atoms with Crippen LogP contribution in [0.5, 0.6) is 0 Å². The maximum atomic E-state index is 12.2. The molecule has 0 saturated carbocycles. The maximum Gasteiger partial charge on any atom is 0.410 e. The van der Waals surface area contributed by atoms with Gasteiger partial charge in [0, 0.05) is 19.6 Å². The fourth-order valence-corrected chi connectivity index (χ4v) is 2.62. The second kappa shape index (κ2) is 8.73. The Morgan fingerprint density at radius 3 is 2.77 bits per heavy atom. The number of nitrogens with zero attached hydrogens (tertiary/aromatic N) is 1. The number of carbonyl (C=O) groups excluding carboxylic acids is 1. The van der Waals surface area contributed by atoms with Crippen molar-refractivity contribution >= 4 is 6.09 Å². The van der Waals surface area contributed by atoms with Gasteiger partial charge in [0.25, 0.3) is 0 Å². The number of amides is 1. The minimum Gasteiger partial charge on any atom is -0.445 e. The summed E-state index contributed by atoms with van der Waals surface area (Å²) in [5.41, 5.74) is 0.955. The van der Waals surface area contributed by atoms with Crippen LogP contribution in [0, 0.1) is 5.92 Å². The summed E-state index contributed by atoms with van der Waals surface area (Å²) in [6.45, 7) is 1.41. The van der Waals surface area contributed by atoms with Gasteiger partial charge in [-0.05, 0) is 12.0 Å². The van der Waals surface area contributed by atoms with Crippen LogP contribution in [0.3, 0.4) is 0 Å². The Kier molecular flexibility index (Phi) is 6.64. The van der Waals surface area contributed by atoms with Crippen molar-refractivity contribution in [3.63, 3.8) is 0 Å². The quantitative estimate of drug-likeness (QED) is 0.809. The summed E-state index contributed by atoms with van der Waals surface area (Å²) < 4.78 is 15.8. The van der Waals surface area contributed by atoms with Gasteiger partial charge in [-0.1, -0.05) is 30.3 Å². The van der Waals surface area contributed by atoms with E-state index in [1.165, 1.54) is 0 Å². The van der Waals surface area contributed by atoms with E-state index < -0.39 is 0 Å². The van der Waals surface area contributed by atoms with E-state index in [2.05, 4.69) is 0 Å². The van der Waals surface area contributed by atoms with Gasteiger partial charge in [-0.15, -0.1) is 0 Å². The van der Waals surface area contributed by atoms with Crippen molar-refractivity contribution in [2.75, 3.05) is 33.6 Å². The monoisotopic (exact) mass is 309 g/mol. The number of piperidine rings is 1. The number of hydrogen-bond donors (Lipinski definition) is 1. The van der Waals surface area contributed by atoms with Crippen LogP contribution in [0.15, 0.2) is 30.3 Å². The van der Waals surface area contributed by atoms with Crippen molar-refractivity contribution in [3.05, 3.63) is 35.9 Å². The molecule has 1 aliphatic heterocycles. The standard InChI is InChI=1S/C16H23NO5/c1-20-15-7-14(10-21-12-18)8-17(9-15)16(19)22-11-13-5-3-2-4-6-13/h2-6,14-15,18H,7-12H2,1H3. The van der Waals surface area contributed by atoms with Crippen LogP contribution >= 0.6 is 0 Å². The second-order valence-electron chi connectivity index (χ2n) is 5.40. The van der Waals surface area contributed by atoms with Gasteiger partial charge in [0.15, 0.2) is 0 Å². The Hall–Kier alpha value is -1.63. The van der Waals surface area contributed by atoms with Crippen molar-refractivity contribution in [2.24, 2.45) is 5.92 Å². The van der Waals surface area contributed by atoms with E-state index in [1.807, 2.05) is 30.3 Å². The van der Waals surface area contributed by atoms with Gasteiger partial charge in [0.2, 0.25) is 0 Å². The molecule has 0 aromatic heterocycles. The van der Waals surface area contributed by atoms with Gasteiger partial charge >= 0.3 is 6.09 Å². The molecule has 1 saturated heterocycles. The average molecular weight is 309 g/mol. The number of carbonyl (C=O) groups is 1. The summed E-state index contributed by atoms with van der Waals surface area (Å²) in [5.74, 6) is 0.134. The summed E-state index contributed by atoms with van der Waals surface area (Å²) >= 11 is 0. The summed E-state index contributed by atoms with van der Waals surface area (Å²) in [6.07, 6.45) is 0.420. The third-order valence-corrected chi connectivity index (χ3v) is 3.74. The molecule has 1 aromatic carbocycles. The molecule has 1 fully saturated rings. The lowest BCUT2D eigenvalue weighted by atomic mass is 9.97. The largest absolute Gasteiger partial charge is 0.445 e. The summed E-state index contributed by atoms with van der Waals surface area (Å²) in [4.78, 5) is 13.9. The molecular formula is C16H23NO5. The molecule has 6 nitrogen and oxygen atoms in total. The van der Waals surface area contributed by atoms with E-state index in [1.54, 1.807) is 12.0 Å². The highest BCUT2D eigenvalue weighted by molar-refractivity contribution is 5.67. The number of benzene rings is 1. The molecule has 2 unspecified atom stereocenters. The second-order valence-corrected chi connectivity index (χ2v) is 5.40. The minimum atomic E-state index is -0.348. The number of likely N-dealkylation sites (tertiary alicyclic amines) is 1. The molecular weight excluding hydrogens is 286 g/mol. The third-order valence-electron chi connectivity index (χ3n) is 3.74. The van der Waals surface area contributed by atoms with Gasteiger partial charge in [-0.25, -0.2) is 4.79 Å². The number of aliphatic hydroxyl groups excluding tert-OH is 1. The van der Waals surface area contributed by atoms with Crippen molar-refractivity contribution < 1.29 is 24.1 Å². The van der Waals surface area contributed by atoms with Crippen LogP contribution in [-0.2, 0) is 20.8 Å². The molecule has 122 valence electrons. The minimum absolute atomic E-state index is 0.0367. The summed E-state index contributed by atoms with van der Waals surface area (Å²) in [5, 5.41) is 8.75. The lowest BCUT2D eigenvalue weighted by Crippen LogP contribution is -2.48. The molecule has 2 atom stereocenters. The predicted octanol–water partition coefficient (Wildman–Crippen LogP) is 1.63. The highest BCUT2D eigenvalue weighted by Gasteiger charge is 2.31. The first-order valence-corrected chi connectivity index (χ1v) is 7.40. The lowest BCUT2D eigenvalue weighted by molar-refractivity contribution is -0.0521. The van der Waals surface area contributed by atoms with Crippen molar-refractivity contribution in [2.45, 2.75) is 19.1 Å². The molecule has 0 spiro atoms. The molecule has 1 heterocycles. The van der Waals surface area contributed by atoms with Crippen molar-refractivity contribution in [1.82, 2.24) is 4.90 Å². The van der Waals surface area contributed by atoms with Crippen molar-refractivity contribution in [3.8, 4) is 0 Å². The lowest BCUT2D eigenvalue weighted by Gasteiger charge is -2.36. The Balaban J connectivity index is 1.86. The first kappa shape index (κ1) is 16.7. The van der Waals surface area contributed by atoms with Crippen LogP contribution in [0.1, 0.15) is 12.0 Å². The Labute approximate surface area is 130 Å². The van der Waals surface area contributed by atoms with Crippen LogP contribution < -0.4 is 0 Å². The molecule has 1 N–H and O–H groups in total. The van der Waals surface area contributed by atoms with Gasteiger partial charge < -0.3 is 24.2 Å². The smallest absolute Gasteiger partial charge is 0.410 e. The fraction of sp³-hybridized carbons (Fsp3) is 0.562. The number of hydrogen-bond acceptors (Lipinski definition) is 5. The molecule has 22 heavy (non-hydrogen) atoms. The number of aliphatic hydroxyl groups is 1. The zero-order valence-electron chi connectivity index (χ0n) is 12.8. The predicted molar refractivity (Wildman–Crippen MR) is 80.1 cm³/mol. The Morgan fingerprint density at radius 1 is 1.32 bits per heavy atom. The molecule has 6 heteroatoms. The summed E-state index contributed by atoms with van der Waals surface area (Å²) in [7, 11) is 1.63. The van der Waals surface area contributed by atoms with Gasteiger partial charge in [-0.2, -0.15) is 0 Å². The van der Waals surface area contributed by atoms with Gasteiger partial charge in [-0.3, -0.25) is 0 Å². The third kappa shape index (κ3) is 4.98.